The molecule has 0 saturated heterocycles. The maximum atomic E-state index is 9.28. The van der Waals surface area contributed by atoms with Gasteiger partial charge in [-0.15, -0.1) is 0 Å². The summed E-state index contributed by atoms with van der Waals surface area (Å²) in [5.41, 5.74) is 8.77. The molecule has 0 bridgehead atoms. The van der Waals surface area contributed by atoms with Crippen LogP contribution in [-0.2, 0) is 6.54 Å². The fraction of sp³-hybridized carbons (Fsp3) is 0.250. The lowest BCUT2D eigenvalue weighted by Gasteiger charge is -2.26. The Morgan fingerprint density at radius 3 is 2.50 bits per heavy atom. The lowest BCUT2D eigenvalue weighted by Crippen LogP contribution is -2.27. The highest BCUT2D eigenvalue weighted by Gasteiger charge is 2.13. The van der Waals surface area contributed by atoms with Gasteiger partial charge >= 0.3 is 0 Å². The minimum atomic E-state index is 0.0729. The molecule has 0 atom stereocenters. The van der Waals surface area contributed by atoms with Gasteiger partial charge in [0, 0.05) is 13.1 Å². The predicted octanol–water partition coefficient (Wildman–Crippen LogP) is 2.28. The largest absolute Gasteiger partial charge is 0.495 e. The Morgan fingerprint density at radius 2 is 1.85 bits per heavy atom. The fourth-order valence-corrected chi connectivity index (χ4v) is 2.20. The van der Waals surface area contributed by atoms with Crippen molar-refractivity contribution < 1.29 is 9.84 Å². The zero-order chi connectivity index (χ0) is 14.4. The Balaban J connectivity index is 2.29. The highest BCUT2D eigenvalue weighted by Crippen LogP contribution is 2.32. The predicted molar refractivity (Wildman–Crippen MR) is 82.0 cm³/mol. The molecule has 0 amide bonds. The highest BCUT2D eigenvalue weighted by atomic mass is 16.5. The topological polar surface area (TPSA) is 58.7 Å². The quantitative estimate of drug-likeness (QED) is 0.792. The van der Waals surface area contributed by atoms with E-state index in [2.05, 4.69) is 12.1 Å². The summed E-state index contributed by atoms with van der Waals surface area (Å²) in [7, 11) is 1.60. The molecule has 0 unspecified atom stereocenters. The third-order valence-electron chi connectivity index (χ3n) is 3.19. The van der Waals surface area contributed by atoms with Gasteiger partial charge < -0.3 is 20.5 Å². The van der Waals surface area contributed by atoms with Crippen LogP contribution in [0.25, 0.3) is 0 Å². The van der Waals surface area contributed by atoms with Gasteiger partial charge in [-0.25, -0.2) is 0 Å². The number of anilines is 2. The molecular weight excluding hydrogens is 252 g/mol. The van der Waals surface area contributed by atoms with Crippen molar-refractivity contribution in [3.8, 4) is 5.75 Å². The van der Waals surface area contributed by atoms with Gasteiger partial charge in [-0.1, -0.05) is 36.4 Å². The monoisotopic (exact) mass is 272 g/mol. The Morgan fingerprint density at radius 1 is 1.10 bits per heavy atom. The summed E-state index contributed by atoms with van der Waals surface area (Å²) in [5.74, 6) is 0.651. The van der Waals surface area contributed by atoms with Crippen molar-refractivity contribution in [3.05, 3.63) is 54.1 Å². The van der Waals surface area contributed by atoms with Crippen LogP contribution in [-0.4, -0.2) is 25.4 Å². The van der Waals surface area contributed by atoms with E-state index in [0.29, 0.717) is 24.5 Å². The number of ether oxygens (including phenoxy) is 1. The van der Waals surface area contributed by atoms with Crippen molar-refractivity contribution in [2.24, 2.45) is 0 Å². The van der Waals surface area contributed by atoms with Gasteiger partial charge in [0.2, 0.25) is 0 Å². The SMILES string of the molecule is COc1cccc(N(CCO)Cc2ccccc2)c1N. The van der Waals surface area contributed by atoms with Crippen LogP contribution >= 0.6 is 0 Å². The molecule has 0 aliphatic carbocycles. The summed E-state index contributed by atoms with van der Waals surface area (Å²) in [6.45, 7) is 1.29. The molecule has 2 rings (SSSR count). The number of nitrogen functional groups attached to an aromatic ring is 1. The van der Waals surface area contributed by atoms with E-state index in [1.807, 2.05) is 41.3 Å². The molecular formula is C16H20N2O2. The fourth-order valence-electron chi connectivity index (χ4n) is 2.20. The van der Waals surface area contributed by atoms with Crippen LogP contribution in [0, 0.1) is 0 Å². The second kappa shape index (κ2) is 6.82. The van der Waals surface area contributed by atoms with E-state index >= 15 is 0 Å². The molecule has 0 saturated carbocycles. The van der Waals surface area contributed by atoms with Crippen molar-refractivity contribution in [3.63, 3.8) is 0 Å². The number of aliphatic hydroxyl groups excluding tert-OH is 1. The van der Waals surface area contributed by atoms with E-state index < -0.39 is 0 Å². The molecule has 4 heteroatoms. The summed E-state index contributed by atoms with van der Waals surface area (Å²) < 4.78 is 5.25. The molecule has 2 aromatic carbocycles. The van der Waals surface area contributed by atoms with Gasteiger partial charge in [-0.3, -0.25) is 0 Å². The van der Waals surface area contributed by atoms with Crippen molar-refractivity contribution in [2.45, 2.75) is 6.54 Å². The Labute approximate surface area is 119 Å². The van der Waals surface area contributed by atoms with Crippen LogP contribution in [0.2, 0.25) is 0 Å². The first-order valence-corrected chi connectivity index (χ1v) is 6.58. The van der Waals surface area contributed by atoms with E-state index in [0.717, 1.165) is 5.69 Å². The number of nitrogens with two attached hydrogens (primary N) is 1. The first-order chi connectivity index (χ1) is 9.76. The van der Waals surface area contributed by atoms with Gasteiger partial charge in [0.05, 0.1) is 25.1 Å². The molecule has 3 N–H and O–H groups in total. The van der Waals surface area contributed by atoms with Crippen molar-refractivity contribution in [1.29, 1.82) is 0 Å². The number of para-hydroxylation sites is 1. The zero-order valence-corrected chi connectivity index (χ0v) is 11.6. The van der Waals surface area contributed by atoms with E-state index in [9.17, 15) is 5.11 Å². The Kier molecular flexibility index (Phi) is 4.85. The normalized spacial score (nSPS) is 10.3. The van der Waals surface area contributed by atoms with Crippen LogP contribution < -0.4 is 15.4 Å². The smallest absolute Gasteiger partial charge is 0.143 e. The van der Waals surface area contributed by atoms with E-state index in [4.69, 9.17) is 10.5 Å². The average molecular weight is 272 g/mol. The maximum absolute atomic E-state index is 9.28. The van der Waals surface area contributed by atoms with Gasteiger partial charge in [0.1, 0.15) is 5.75 Å². The van der Waals surface area contributed by atoms with Crippen molar-refractivity contribution >= 4 is 11.4 Å². The lowest BCUT2D eigenvalue weighted by atomic mass is 10.1. The van der Waals surface area contributed by atoms with E-state index in [1.54, 1.807) is 7.11 Å². The van der Waals surface area contributed by atoms with E-state index in [1.165, 1.54) is 5.56 Å². The first-order valence-electron chi connectivity index (χ1n) is 6.58. The number of aliphatic hydroxyl groups is 1. The molecule has 0 aliphatic heterocycles. The maximum Gasteiger partial charge on any atom is 0.143 e. The Bertz CT molecular complexity index is 543. The number of hydrogen-bond donors (Lipinski definition) is 2. The van der Waals surface area contributed by atoms with Crippen LogP contribution in [0.3, 0.4) is 0 Å². The van der Waals surface area contributed by atoms with Crippen molar-refractivity contribution in [1.82, 2.24) is 0 Å². The second-order valence-corrected chi connectivity index (χ2v) is 4.52. The molecule has 0 fully saturated rings. The van der Waals surface area contributed by atoms with Gasteiger partial charge in [-0.2, -0.15) is 0 Å². The minimum Gasteiger partial charge on any atom is -0.495 e. The number of rotatable bonds is 6. The molecule has 4 nitrogen and oxygen atoms in total. The summed E-state index contributed by atoms with van der Waals surface area (Å²) in [6.07, 6.45) is 0. The summed E-state index contributed by atoms with van der Waals surface area (Å²) >= 11 is 0. The molecule has 20 heavy (non-hydrogen) atoms. The number of hydrogen-bond acceptors (Lipinski definition) is 4. The molecule has 106 valence electrons. The number of methoxy groups -OCH3 is 1. The molecule has 0 spiro atoms. The molecule has 0 radical (unpaired) electrons. The second-order valence-electron chi connectivity index (χ2n) is 4.52. The first kappa shape index (κ1) is 14.2. The number of nitrogens with zero attached hydrogens (tertiary/aromatic N) is 1. The standard InChI is InChI=1S/C16H20N2O2/c1-20-15-9-5-8-14(16(15)17)18(10-11-19)12-13-6-3-2-4-7-13/h2-9,19H,10-12,17H2,1H3. The Hall–Kier alpha value is -2.20. The molecule has 0 heterocycles. The third-order valence-corrected chi connectivity index (χ3v) is 3.19. The van der Waals surface area contributed by atoms with Crippen LogP contribution in [0.1, 0.15) is 5.56 Å². The molecule has 0 aliphatic rings. The average Bonchev–Trinajstić information content (AvgIpc) is 2.48. The third kappa shape index (κ3) is 3.22. The van der Waals surface area contributed by atoms with Crippen molar-refractivity contribution in [2.75, 3.05) is 30.9 Å². The van der Waals surface area contributed by atoms with Gasteiger partial charge in [-0.05, 0) is 17.7 Å². The van der Waals surface area contributed by atoms with Gasteiger partial charge in [0.15, 0.2) is 0 Å². The summed E-state index contributed by atoms with van der Waals surface area (Å²) in [5, 5.41) is 9.28. The summed E-state index contributed by atoms with van der Waals surface area (Å²) in [6, 6.07) is 15.8. The summed E-state index contributed by atoms with van der Waals surface area (Å²) in [4.78, 5) is 2.05. The van der Waals surface area contributed by atoms with E-state index in [-0.39, 0.29) is 6.61 Å². The van der Waals surface area contributed by atoms with Crippen LogP contribution in [0.5, 0.6) is 5.75 Å². The molecule has 0 aromatic heterocycles. The lowest BCUT2D eigenvalue weighted by molar-refractivity contribution is 0.301. The minimum absolute atomic E-state index is 0.0729. The number of benzene rings is 2. The van der Waals surface area contributed by atoms with Crippen LogP contribution in [0.15, 0.2) is 48.5 Å². The highest BCUT2D eigenvalue weighted by molar-refractivity contribution is 5.74. The van der Waals surface area contributed by atoms with Gasteiger partial charge in [0.25, 0.3) is 0 Å². The van der Waals surface area contributed by atoms with Crippen LogP contribution in [0.4, 0.5) is 11.4 Å². The molecule has 2 aromatic rings. The zero-order valence-electron chi connectivity index (χ0n) is 11.6.